The fourth-order valence-corrected chi connectivity index (χ4v) is 1.03. The second kappa shape index (κ2) is 8.26. The maximum Gasteiger partial charge on any atom is 0.303 e. The number of benzene rings is 1. The molecule has 0 heterocycles. The van der Waals surface area contributed by atoms with Crippen LogP contribution in [0, 0.1) is 0 Å². The molecular weight excluding hydrogens is 216 g/mol. The fraction of sp³-hybridized carbons (Fsp3) is 0.364. The summed E-state index contributed by atoms with van der Waals surface area (Å²) in [5.74, 6) is -0.773. The van der Waals surface area contributed by atoms with E-state index in [1.807, 2.05) is 12.1 Å². The lowest BCUT2D eigenvalue weighted by atomic mass is 10.1. The van der Waals surface area contributed by atoms with Crippen molar-refractivity contribution in [2.75, 3.05) is 6.61 Å². The summed E-state index contributed by atoms with van der Waals surface area (Å²) in [6, 6.07) is 7.20. The van der Waals surface area contributed by atoms with Crippen LogP contribution in [0.15, 0.2) is 24.3 Å². The molecule has 0 unspecified atom stereocenters. The third kappa shape index (κ3) is 7.97. The maximum absolute atomic E-state index is 10.2. The van der Waals surface area contributed by atoms with E-state index in [2.05, 4.69) is 0 Å². The Kier molecular flexibility index (Phi) is 7.68. The van der Waals surface area contributed by atoms with Gasteiger partial charge in [0, 0.05) is 18.1 Å². The standard InChI is InChI=1S/C9H9ClO2.C2H6O/c10-8-4-1-7(2-5-8)3-6-9(11)12;1-2-3/h1-2,4-5H,3,6H2,(H,11,12);3H,2H2,1H3. The van der Waals surface area contributed by atoms with Crippen LogP contribution in [0.5, 0.6) is 0 Å². The third-order valence-electron chi connectivity index (χ3n) is 1.54. The molecule has 0 saturated heterocycles. The van der Waals surface area contributed by atoms with Gasteiger partial charge in [0.2, 0.25) is 0 Å². The second-order valence-electron chi connectivity index (χ2n) is 2.84. The number of carbonyl (C=O) groups is 1. The molecule has 0 atom stereocenters. The summed E-state index contributed by atoms with van der Waals surface area (Å²) in [5, 5.41) is 16.6. The van der Waals surface area contributed by atoms with Crippen molar-refractivity contribution in [2.45, 2.75) is 19.8 Å². The number of aliphatic carboxylic acids is 1. The lowest BCUT2D eigenvalue weighted by molar-refractivity contribution is -0.136. The number of carboxylic acid groups (broad SMARTS) is 1. The normalized spacial score (nSPS) is 9.00. The molecule has 84 valence electrons. The average Bonchev–Trinajstić information content (AvgIpc) is 2.18. The molecule has 0 aliphatic rings. The molecule has 1 rings (SSSR count). The highest BCUT2D eigenvalue weighted by molar-refractivity contribution is 6.30. The van der Waals surface area contributed by atoms with Crippen LogP contribution in [0.3, 0.4) is 0 Å². The lowest BCUT2D eigenvalue weighted by Crippen LogP contribution is -1.96. The van der Waals surface area contributed by atoms with Gasteiger partial charge < -0.3 is 10.2 Å². The summed E-state index contributed by atoms with van der Waals surface area (Å²) in [6.45, 7) is 1.93. The Labute approximate surface area is 94.3 Å². The van der Waals surface area contributed by atoms with Crippen LogP contribution in [0.2, 0.25) is 5.02 Å². The molecule has 0 aliphatic heterocycles. The summed E-state index contributed by atoms with van der Waals surface area (Å²) in [5.41, 5.74) is 1.00. The van der Waals surface area contributed by atoms with Gasteiger partial charge in [-0.1, -0.05) is 23.7 Å². The summed E-state index contributed by atoms with van der Waals surface area (Å²) >= 11 is 5.66. The third-order valence-corrected chi connectivity index (χ3v) is 1.79. The first kappa shape index (κ1) is 13.9. The average molecular weight is 231 g/mol. The Hall–Kier alpha value is -1.06. The van der Waals surface area contributed by atoms with E-state index < -0.39 is 5.97 Å². The van der Waals surface area contributed by atoms with E-state index in [4.69, 9.17) is 21.8 Å². The minimum absolute atomic E-state index is 0.168. The molecule has 0 aromatic heterocycles. The van der Waals surface area contributed by atoms with Crippen LogP contribution in [-0.2, 0) is 11.2 Å². The van der Waals surface area contributed by atoms with Gasteiger partial charge in [0.05, 0.1) is 0 Å². The van der Waals surface area contributed by atoms with Crippen molar-refractivity contribution in [3.63, 3.8) is 0 Å². The minimum atomic E-state index is -0.773. The molecular formula is C11H15ClO3. The number of hydrogen-bond acceptors (Lipinski definition) is 2. The van der Waals surface area contributed by atoms with Gasteiger partial charge in [-0.3, -0.25) is 4.79 Å². The molecule has 0 radical (unpaired) electrons. The zero-order chi connectivity index (χ0) is 11.7. The molecule has 1 aromatic carbocycles. The Morgan fingerprint density at radius 3 is 2.20 bits per heavy atom. The van der Waals surface area contributed by atoms with Gasteiger partial charge in [0.15, 0.2) is 0 Å². The minimum Gasteiger partial charge on any atom is -0.481 e. The van der Waals surface area contributed by atoms with Crippen LogP contribution < -0.4 is 0 Å². The highest BCUT2D eigenvalue weighted by atomic mass is 35.5. The first-order valence-corrected chi connectivity index (χ1v) is 5.05. The van der Waals surface area contributed by atoms with E-state index in [1.165, 1.54) is 0 Å². The monoisotopic (exact) mass is 230 g/mol. The van der Waals surface area contributed by atoms with Crippen molar-refractivity contribution in [1.29, 1.82) is 0 Å². The van der Waals surface area contributed by atoms with E-state index in [1.54, 1.807) is 19.1 Å². The molecule has 0 spiro atoms. The molecule has 0 saturated carbocycles. The van der Waals surface area contributed by atoms with Crippen molar-refractivity contribution >= 4 is 17.6 Å². The molecule has 0 amide bonds. The Morgan fingerprint density at radius 2 is 1.80 bits per heavy atom. The summed E-state index contributed by atoms with van der Waals surface area (Å²) in [6.07, 6.45) is 0.730. The molecule has 15 heavy (non-hydrogen) atoms. The second-order valence-corrected chi connectivity index (χ2v) is 3.27. The lowest BCUT2D eigenvalue weighted by Gasteiger charge is -1.97. The number of aliphatic hydroxyl groups excluding tert-OH is 1. The number of hydrogen-bond donors (Lipinski definition) is 2. The predicted molar refractivity (Wildman–Crippen MR) is 60.2 cm³/mol. The molecule has 0 bridgehead atoms. The van der Waals surface area contributed by atoms with Gasteiger partial charge in [-0.15, -0.1) is 0 Å². The van der Waals surface area contributed by atoms with Crippen molar-refractivity contribution in [2.24, 2.45) is 0 Å². The van der Waals surface area contributed by atoms with Crippen molar-refractivity contribution < 1.29 is 15.0 Å². The number of aryl methyl sites for hydroxylation is 1. The van der Waals surface area contributed by atoms with Gasteiger partial charge in [0.25, 0.3) is 0 Å². The number of aliphatic hydroxyl groups is 1. The summed E-state index contributed by atoms with van der Waals surface area (Å²) in [4.78, 5) is 10.2. The molecule has 0 fully saturated rings. The van der Waals surface area contributed by atoms with E-state index in [9.17, 15) is 4.79 Å². The quantitative estimate of drug-likeness (QED) is 0.838. The summed E-state index contributed by atoms with van der Waals surface area (Å²) in [7, 11) is 0. The molecule has 4 heteroatoms. The van der Waals surface area contributed by atoms with Crippen LogP contribution in [0.25, 0.3) is 0 Å². The SMILES string of the molecule is CCO.O=C(O)CCc1ccc(Cl)cc1. The van der Waals surface area contributed by atoms with E-state index in [0.29, 0.717) is 11.4 Å². The van der Waals surface area contributed by atoms with E-state index in [-0.39, 0.29) is 13.0 Å². The smallest absolute Gasteiger partial charge is 0.303 e. The van der Waals surface area contributed by atoms with Crippen molar-refractivity contribution in [1.82, 2.24) is 0 Å². The highest BCUT2D eigenvalue weighted by Gasteiger charge is 1.98. The molecule has 2 N–H and O–H groups in total. The highest BCUT2D eigenvalue weighted by Crippen LogP contribution is 2.10. The maximum atomic E-state index is 10.2. The Morgan fingerprint density at radius 1 is 1.33 bits per heavy atom. The fourth-order valence-electron chi connectivity index (χ4n) is 0.902. The van der Waals surface area contributed by atoms with Crippen LogP contribution in [0.4, 0.5) is 0 Å². The van der Waals surface area contributed by atoms with Crippen LogP contribution in [-0.4, -0.2) is 22.8 Å². The Balaban J connectivity index is 0.000000583. The molecule has 3 nitrogen and oxygen atoms in total. The number of carboxylic acids is 1. The molecule has 1 aromatic rings. The van der Waals surface area contributed by atoms with Gasteiger partial charge in [-0.25, -0.2) is 0 Å². The molecule has 0 aliphatic carbocycles. The van der Waals surface area contributed by atoms with Gasteiger partial charge in [0.1, 0.15) is 0 Å². The predicted octanol–water partition coefficient (Wildman–Crippen LogP) is 2.36. The van der Waals surface area contributed by atoms with Gasteiger partial charge in [-0.05, 0) is 31.0 Å². The summed E-state index contributed by atoms with van der Waals surface area (Å²) < 4.78 is 0. The van der Waals surface area contributed by atoms with Crippen LogP contribution in [0.1, 0.15) is 18.9 Å². The first-order chi connectivity index (χ1) is 7.10. The largest absolute Gasteiger partial charge is 0.481 e. The zero-order valence-corrected chi connectivity index (χ0v) is 9.37. The van der Waals surface area contributed by atoms with Crippen molar-refractivity contribution in [3.8, 4) is 0 Å². The topological polar surface area (TPSA) is 57.5 Å². The van der Waals surface area contributed by atoms with Crippen LogP contribution >= 0.6 is 11.6 Å². The zero-order valence-electron chi connectivity index (χ0n) is 8.61. The van der Waals surface area contributed by atoms with Gasteiger partial charge in [-0.2, -0.15) is 0 Å². The van der Waals surface area contributed by atoms with Crippen molar-refractivity contribution in [3.05, 3.63) is 34.9 Å². The van der Waals surface area contributed by atoms with E-state index in [0.717, 1.165) is 5.56 Å². The number of halogens is 1. The van der Waals surface area contributed by atoms with E-state index >= 15 is 0 Å². The van der Waals surface area contributed by atoms with Gasteiger partial charge >= 0.3 is 5.97 Å². The number of rotatable bonds is 3. The Bertz CT molecular complexity index is 282. The first-order valence-electron chi connectivity index (χ1n) is 4.67.